The van der Waals surface area contributed by atoms with E-state index in [1.165, 1.54) is 30.5 Å². The predicted octanol–water partition coefficient (Wildman–Crippen LogP) is 4.36. The highest BCUT2D eigenvalue weighted by atomic mass is 31.1. The largest absolute Gasteiger partial charge is 0.566 e. The number of nitrogens with one attached hydrogen (secondary N) is 3. The summed E-state index contributed by atoms with van der Waals surface area (Å²) in [5.74, 6) is 0.537. The number of methoxy groups -OCH3 is 2. The second-order valence-corrected chi connectivity index (χ2v) is 14.4. The molecule has 57 heavy (non-hydrogen) atoms. The molecule has 1 amide bonds. The van der Waals surface area contributed by atoms with Gasteiger partial charge in [0.05, 0.1) is 52.9 Å². The summed E-state index contributed by atoms with van der Waals surface area (Å²) in [4.78, 5) is 49.9. The molecule has 1 unspecified atom stereocenters. The smallest absolute Gasteiger partial charge is 0.488 e. The van der Waals surface area contributed by atoms with Gasteiger partial charge in [-0.3, -0.25) is 24.5 Å². The SMILES string of the molecule is CC[NH+](CC)CC.COc1ccc(C(OC[C@@H]2C[C@H](O[P+](=O)[O-])[C@H](n3cnc4c(=O)[nH]c(NC(=O)C(C)C)nc43)O2)(c2ccccc2)c2ccc(OC)cc2)cc1. The number of carbonyl (C=O) groups is 1. The van der Waals surface area contributed by atoms with Gasteiger partial charge in [-0.2, -0.15) is 4.98 Å². The third-order valence-corrected chi connectivity index (χ3v) is 10.4. The topological polar surface area (TPSA) is 183 Å². The summed E-state index contributed by atoms with van der Waals surface area (Å²) in [6, 6.07) is 24.8. The fraction of sp³-hybridized carbons (Fsp3) is 0.415. The zero-order chi connectivity index (χ0) is 41.1. The summed E-state index contributed by atoms with van der Waals surface area (Å²) in [5, 5.41) is 2.58. The molecule has 1 aliphatic rings. The van der Waals surface area contributed by atoms with Crippen LogP contribution in [0.15, 0.2) is 90.0 Å². The van der Waals surface area contributed by atoms with Gasteiger partial charge in [0.2, 0.25) is 11.9 Å². The third-order valence-electron chi connectivity index (χ3n) is 10.00. The molecule has 2 aromatic heterocycles. The Morgan fingerprint density at radius 3 is 2.02 bits per heavy atom. The fourth-order valence-corrected chi connectivity index (χ4v) is 7.16. The molecule has 6 rings (SSSR count). The lowest BCUT2D eigenvalue weighted by Crippen LogP contribution is -3.11. The Kier molecular flexibility index (Phi) is 15.1. The molecule has 1 fully saturated rings. The van der Waals surface area contributed by atoms with Crippen molar-refractivity contribution in [3.63, 3.8) is 0 Å². The van der Waals surface area contributed by atoms with Gasteiger partial charge in [0.15, 0.2) is 23.5 Å². The van der Waals surface area contributed by atoms with E-state index in [-0.39, 0.29) is 42.0 Å². The molecule has 0 radical (unpaired) electrons. The van der Waals surface area contributed by atoms with Gasteiger partial charge in [0.1, 0.15) is 17.1 Å². The van der Waals surface area contributed by atoms with Crippen molar-refractivity contribution in [2.45, 2.75) is 65.1 Å². The van der Waals surface area contributed by atoms with E-state index in [2.05, 4.69) is 41.0 Å². The van der Waals surface area contributed by atoms with Crippen LogP contribution in [0.5, 0.6) is 11.5 Å². The van der Waals surface area contributed by atoms with Crippen molar-refractivity contribution in [2.24, 2.45) is 5.92 Å². The number of fused-ring (bicyclic) bond motifs is 1. The molecular formula is C41H52N6O9P+. The van der Waals surface area contributed by atoms with Crippen molar-refractivity contribution < 1.29 is 42.6 Å². The summed E-state index contributed by atoms with van der Waals surface area (Å²) in [6.45, 7) is 13.9. The second-order valence-electron chi connectivity index (χ2n) is 13.8. The quantitative estimate of drug-likeness (QED) is 0.0952. The number of carbonyl (C=O) groups excluding carboxylic acids is 1. The summed E-state index contributed by atoms with van der Waals surface area (Å²) in [6.07, 6.45) is -1.31. The number of hydrogen-bond acceptors (Lipinski definition) is 11. The lowest BCUT2D eigenvalue weighted by molar-refractivity contribution is -0.894. The first-order valence-electron chi connectivity index (χ1n) is 19.0. The van der Waals surface area contributed by atoms with Crippen molar-refractivity contribution in [3.05, 3.63) is 112 Å². The number of imidazole rings is 1. The second kappa shape index (κ2) is 19.9. The number of rotatable bonds is 16. The first-order valence-corrected chi connectivity index (χ1v) is 20.1. The lowest BCUT2D eigenvalue weighted by Gasteiger charge is -2.37. The third kappa shape index (κ3) is 10.1. The van der Waals surface area contributed by atoms with Crippen LogP contribution in [0.3, 0.4) is 0 Å². The van der Waals surface area contributed by atoms with E-state index in [9.17, 15) is 19.0 Å². The standard InChI is InChI=1S/C35H36N5O9P.C6H15N/c1-21(2)31(41)38-34-37-30-29(32(42)39-34)36-20-40(30)33-28(49-50(43)44)18-27(48-33)19-47-35(22-8-6-5-7-9-22,23-10-14-25(45-3)15-11-23)24-12-16-26(46-4)17-13-24;1-4-7(5-2)6-3/h5-17,20-21,27-28,33H,18-19H2,1-4H3,(H2,37,38,39,41,42);4-6H2,1-3H3/p+1/t27-,28-,33+;/m0./s1. The number of aromatic nitrogens is 4. The van der Waals surface area contributed by atoms with Gasteiger partial charge in [-0.05, 0) is 66.3 Å². The Bertz CT molecular complexity index is 2070. The van der Waals surface area contributed by atoms with Crippen LogP contribution in [0.4, 0.5) is 5.95 Å². The van der Waals surface area contributed by atoms with Gasteiger partial charge >= 0.3 is 8.25 Å². The van der Waals surface area contributed by atoms with Crippen molar-refractivity contribution in [1.82, 2.24) is 19.5 Å². The van der Waals surface area contributed by atoms with E-state index in [1.54, 1.807) is 33.0 Å². The molecule has 0 bridgehead atoms. The number of benzene rings is 3. The van der Waals surface area contributed by atoms with Crippen LogP contribution in [-0.4, -0.2) is 78.1 Å². The van der Waals surface area contributed by atoms with E-state index in [1.807, 2.05) is 78.9 Å². The van der Waals surface area contributed by atoms with Crippen LogP contribution in [0.2, 0.25) is 0 Å². The maximum atomic E-state index is 12.9. The van der Waals surface area contributed by atoms with Crippen LogP contribution >= 0.6 is 8.25 Å². The Labute approximate surface area is 333 Å². The zero-order valence-corrected chi connectivity index (χ0v) is 34.3. The van der Waals surface area contributed by atoms with E-state index < -0.39 is 37.9 Å². The highest BCUT2D eigenvalue weighted by Crippen LogP contribution is 2.43. The van der Waals surface area contributed by atoms with Gasteiger partial charge in [-0.25, -0.2) is 4.98 Å². The van der Waals surface area contributed by atoms with Crippen molar-refractivity contribution >= 4 is 31.3 Å². The predicted molar refractivity (Wildman–Crippen MR) is 213 cm³/mol. The van der Waals surface area contributed by atoms with Crippen LogP contribution < -0.4 is 30.1 Å². The number of quaternary nitrogens is 1. The minimum Gasteiger partial charge on any atom is -0.566 e. The van der Waals surface area contributed by atoms with E-state index in [0.29, 0.717) is 11.5 Å². The molecule has 0 spiro atoms. The van der Waals surface area contributed by atoms with Crippen LogP contribution in [-0.2, 0) is 29.0 Å². The number of H-pyrrole nitrogens is 1. The normalized spacial score (nSPS) is 17.0. The first kappa shape index (κ1) is 43.1. The molecule has 1 saturated heterocycles. The molecule has 304 valence electrons. The van der Waals surface area contributed by atoms with Gasteiger partial charge in [-0.15, -0.1) is 4.52 Å². The fourth-order valence-electron chi connectivity index (χ4n) is 6.75. The van der Waals surface area contributed by atoms with E-state index >= 15 is 0 Å². The molecule has 5 aromatic rings. The van der Waals surface area contributed by atoms with Crippen LogP contribution in [0.25, 0.3) is 11.2 Å². The van der Waals surface area contributed by atoms with Crippen molar-refractivity contribution in [3.8, 4) is 11.5 Å². The molecule has 3 aromatic carbocycles. The number of aromatic amines is 1. The van der Waals surface area contributed by atoms with Gasteiger partial charge in [0, 0.05) is 12.3 Å². The minimum absolute atomic E-state index is 0.00467. The van der Waals surface area contributed by atoms with Gasteiger partial charge < -0.3 is 28.7 Å². The number of ether oxygens (including phenoxy) is 4. The molecular weight excluding hydrogens is 751 g/mol. The number of amides is 1. The van der Waals surface area contributed by atoms with Gasteiger partial charge in [0.25, 0.3) is 5.56 Å². The summed E-state index contributed by atoms with van der Waals surface area (Å²) in [7, 11) is -0.0888. The summed E-state index contributed by atoms with van der Waals surface area (Å²) >= 11 is 0. The highest BCUT2D eigenvalue weighted by Gasteiger charge is 2.45. The number of anilines is 1. The summed E-state index contributed by atoms with van der Waals surface area (Å²) < 4.78 is 42.9. The van der Waals surface area contributed by atoms with Crippen LogP contribution in [0, 0.1) is 5.92 Å². The Morgan fingerprint density at radius 2 is 1.53 bits per heavy atom. The summed E-state index contributed by atoms with van der Waals surface area (Å²) in [5.41, 5.74) is 0.748. The monoisotopic (exact) mass is 803 g/mol. The molecule has 3 N–H and O–H groups in total. The molecule has 0 saturated carbocycles. The number of hydrogen-bond donors (Lipinski definition) is 3. The Hall–Kier alpha value is -5.02. The maximum Gasteiger partial charge on any atom is 0.488 e. The van der Waals surface area contributed by atoms with Crippen LogP contribution in [0.1, 0.15) is 64.0 Å². The van der Waals surface area contributed by atoms with Crippen molar-refractivity contribution in [2.75, 3.05) is 45.8 Å². The Morgan fingerprint density at radius 1 is 0.965 bits per heavy atom. The average molecular weight is 804 g/mol. The zero-order valence-electron chi connectivity index (χ0n) is 33.4. The van der Waals surface area contributed by atoms with E-state index in [0.717, 1.165) is 16.7 Å². The molecule has 0 aliphatic carbocycles. The van der Waals surface area contributed by atoms with Crippen molar-refractivity contribution in [1.29, 1.82) is 0 Å². The minimum atomic E-state index is -3.28. The molecule has 16 heteroatoms. The van der Waals surface area contributed by atoms with E-state index in [4.69, 9.17) is 23.5 Å². The molecule has 3 heterocycles. The molecule has 1 aliphatic heterocycles. The average Bonchev–Trinajstić information content (AvgIpc) is 3.83. The maximum absolute atomic E-state index is 12.9. The first-order chi connectivity index (χ1) is 27.5. The lowest BCUT2D eigenvalue weighted by atomic mass is 9.80. The number of nitrogens with zero attached hydrogens (tertiary/aromatic N) is 3. The highest BCUT2D eigenvalue weighted by molar-refractivity contribution is 7.30. The molecule has 4 atom stereocenters. The van der Waals surface area contributed by atoms with Gasteiger partial charge in [-0.1, -0.05) is 68.4 Å². The Balaban J connectivity index is 0.000000811. The molecule has 15 nitrogen and oxygen atoms in total.